The maximum Gasteiger partial charge on any atom is 0.131 e. The average molecular weight is 449 g/mol. The lowest BCUT2D eigenvalue weighted by atomic mass is 9.84. The van der Waals surface area contributed by atoms with Crippen LogP contribution in [-0.2, 0) is 12.0 Å². The van der Waals surface area contributed by atoms with E-state index >= 15 is 0 Å². The Kier molecular flexibility index (Phi) is 7.18. The molecule has 172 valence electrons. The quantitative estimate of drug-likeness (QED) is 0.264. The zero-order chi connectivity index (χ0) is 24.0. The molecule has 2 nitrogen and oxygen atoms in total. The molecule has 0 aliphatic heterocycles. The molecule has 4 aromatic rings. The van der Waals surface area contributed by atoms with Crippen molar-refractivity contribution < 1.29 is 9.47 Å². The molecule has 0 aliphatic carbocycles. The molecule has 0 heterocycles. The Hall–Kier alpha value is -3.78. The summed E-state index contributed by atoms with van der Waals surface area (Å²) in [7, 11) is 1.70. The summed E-state index contributed by atoms with van der Waals surface area (Å²) < 4.78 is 12.0. The van der Waals surface area contributed by atoms with Crippen molar-refractivity contribution in [1.29, 1.82) is 0 Å². The number of methoxy groups -OCH3 is 1. The van der Waals surface area contributed by atoms with E-state index in [0.29, 0.717) is 6.61 Å². The second-order valence-corrected chi connectivity index (χ2v) is 9.41. The van der Waals surface area contributed by atoms with Gasteiger partial charge in [-0.3, -0.25) is 0 Å². The van der Waals surface area contributed by atoms with Gasteiger partial charge in [0.05, 0.1) is 7.11 Å². The molecule has 34 heavy (non-hydrogen) atoms. The van der Waals surface area contributed by atoms with Crippen molar-refractivity contribution >= 4 is 12.2 Å². The van der Waals surface area contributed by atoms with Gasteiger partial charge in [-0.2, -0.15) is 0 Å². The van der Waals surface area contributed by atoms with Crippen LogP contribution >= 0.6 is 0 Å². The molecule has 0 aliphatic rings. The second-order valence-electron chi connectivity index (χ2n) is 9.41. The third-order valence-electron chi connectivity index (χ3n) is 5.84. The molecule has 0 saturated heterocycles. The average Bonchev–Trinajstić information content (AvgIpc) is 2.86. The number of benzene rings is 4. The van der Waals surface area contributed by atoms with Gasteiger partial charge in [0.25, 0.3) is 0 Å². The molecule has 0 atom stereocenters. The summed E-state index contributed by atoms with van der Waals surface area (Å²) >= 11 is 0. The SMILES string of the molecule is COc1ccccc1C=Cc1cccc(-c2cccc(C(C)(C)C)c2OCc2ccccc2)c1. The first-order valence-corrected chi connectivity index (χ1v) is 11.7. The minimum Gasteiger partial charge on any atom is -0.496 e. The zero-order valence-electron chi connectivity index (χ0n) is 20.4. The van der Waals surface area contributed by atoms with Gasteiger partial charge in [-0.1, -0.05) is 118 Å². The standard InChI is InChI=1S/C32H32O2/c1-32(2,3)29-18-11-17-28(31(29)34-23-25-12-6-5-7-13-25)27-16-10-14-24(22-27)20-21-26-15-8-9-19-30(26)33-4/h5-22H,23H2,1-4H3. The van der Waals surface area contributed by atoms with Crippen molar-refractivity contribution in [2.24, 2.45) is 0 Å². The van der Waals surface area contributed by atoms with E-state index in [1.165, 1.54) is 5.56 Å². The topological polar surface area (TPSA) is 18.5 Å². The largest absolute Gasteiger partial charge is 0.496 e. The molecule has 0 saturated carbocycles. The molecule has 2 heteroatoms. The minimum absolute atomic E-state index is 0.0383. The number of ether oxygens (including phenoxy) is 2. The van der Waals surface area contributed by atoms with Crippen molar-refractivity contribution in [3.05, 3.63) is 119 Å². The van der Waals surface area contributed by atoms with E-state index in [2.05, 4.69) is 93.6 Å². The lowest BCUT2D eigenvalue weighted by Gasteiger charge is -2.25. The monoisotopic (exact) mass is 448 g/mol. The maximum atomic E-state index is 6.50. The van der Waals surface area contributed by atoms with E-state index in [-0.39, 0.29) is 5.41 Å². The fourth-order valence-electron chi connectivity index (χ4n) is 4.04. The first kappa shape index (κ1) is 23.4. The highest BCUT2D eigenvalue weighted by atomic mass is 16.5. The predicted molar refractivity (Wildman–Crippen MR) is 143 cm³/mol. The van der Waals surface area contributed by atoms with Gasteiger partial charge in [0.15, 0.2) is 0 Å². The van der Waals surface area contributed by atoms with E-state index in [9.17, 15) is 0 Å². The van der Waals surface area contributed by atoms with Crippen molar-refractivity contribution in [3.63, 3.8) is 0 Å². The summed E-state index contributed by atoms with van der Waals surface area (Å²) in [5, 5.41) is 0. The summed E-state index contributed by atoms with van der Waals surface area (Å²) in [6.07, 6.45) is 4.22. The lowest BCUT2D eigenvalue weighted by Crippen LogP contribution is -2.14. The van der Waals surface area contributed by atoms with Crippen molar-refractivity contribution in [2.75, 3.05) is 7.11 Å². The molecule has 0 unspecified atom stereocenters. The van der Waals surface area contributed by atoms with E-state index < -0.39 is 0 Å². The van der Waals surface area contributed by atoms with Crippen LogP contribution in [0.1, 0.15) is 43.0 Å². The summed E-state index contributed by atoms with van der Waals surface area (Å²) in [6, 6.07) is 33.4. The van der Waals surface area contributed by atoms with Crippen LogP contribution < -0.4 is 9.47 Å². The Morgan fingerprint density at radius 2 is 1.47 bits per heavy atom. The van der Waals surface area contributed by atoms with Gasteiger partial charge < -0.3 is 9.47 Å². The molecule has 0 bridgehead atoms. The minimum atomic E-state index is -0.0383. The Balaban J connectivity index is 1.70. The van der Waals surface area contributed by atoms with Crippen LogP contribution in [0.15, 0.2) is 97.1 Å². The van der Waals surface area contributed by atoms with Gasteiger partial charge in [-0.15, -0.1) is 0 Å². The first-order valence-electron chi connectivity index (χ1n) is 11.7. The highest BCUT2D eigenvalue weighted by molar-refractivity contribution is 5.78. The van der Waals surface area contributed by atoms with Crippen LogP contribution in [0, 0.1) is 0 Å². The highest BCUT2D eigenvalue weighted by Gasteiger charge is 2.22. The smallest absolute Gasteiger partial charge is 0.131 e. The first-order chi connectivity index (χ1) is 16.5. The Morgan fingerprint density at radius 1 is 0.735 bits per heavy atom. The second kappa shape index (κ2) is 10.4. The third kappa shape index (κ3) is 5.58. The molecule has 4 aromatic carbocycles. The van der Waals surface area contributed by atoms with E-state index in [4.69, 9.17) is 9.47 Å². The summed E-state index contributed by atoms with van der Waals surface area (Å²) in [6.45, 7) is 7.23. The Morgan fingerprint density at radius 3 is 2.24 bits per heavy atom. The molecule has 0 aromatic heterocycles. The maximum absolute atomic E-state index is 6.50. The number of para-hydroxylation sites is 2. The van der Waals surface area contributed by atoms with Crippen LogP contribution in [0.2, 0.25) is 0 Å². The van der Waals surface area contributed by atoms with Gasteiger partial charge in [-0.25, -0.2) is 0 Å². The molecule has 0 fully saturated rings. The van der Waals surface area contributed by atoms with Crippen LogP contribution in [0.3, 0.4) is 0 Å². The Labute approximate surface area is 203 Å². The number of hydrogen-bond acceptors (Lipinski definition) is 2. The molecular weight excluding hydrogens is 416 g/mol. The van der Waals surface area contributed by atoms with Gasteiger partial charge >= 0.3 is 0 Å². The highest BCUT2D eigenvalue weighted by Crippen LogP contribution is 2.40. The van der Waals surface area contributed by atoms with Crippen LogP contribution in [0.25, 0.3) is 23.3 Å². The zero-order valence-corrected chi connectivity index (χ0v) is 20.4. The van der Waals surface area contributed by atoms with Crippen LogP contribution in [0.5, 0.6) is 11.5 Å². The van der Waals surface area contributed by atoms with Gasteiger partial charge in [0, 0.05) is 16.7 Å². The van der Waals surface area contributed by atoms with Crippen molar-refractivity contribution in [3.8, 4) is 22.6 Å². The molecular formula is C32H32O2. The lowest BCUT2D eigenvalue weighted by molar-refractivity contribution is 0.299. The van der Waals surface area contributed by atoms with Crippen molar-refractivity contribution in [2.45, 2.75) is 32.8 Å². The third-order valence-corrected chi connectivity index (χ3v) is 5.84. The number of rotatable bonds is 7. The molecule has 0 radical (unpaired) electrons. The predicted octanol–water partition coefficient (Wildman–Crippen LogP) is 8.41. The normalized spacial score (nSPS) is 11.5. The van der Waals surface area contributed by atoms with E-state index in [1.54, 1.807) is 7.11 Å². The summed E-state index contributed by atoms with van der Waals surface area (Å²) in [5.74, 6) is 1.81. The van der Waals surface area contributed by atoms with Crippen molar-refractivity contribution in [1.82, 2.24) is 0 Å². The number of hydrogen-bond donors (Lipinski definition) is 0. The molecule has 0 N–H and O–H groups in total. The molecule has 0 amide bonds. The van der Waals surface area contributed by atoms with Crippen LogP contribution in [-0.4, -0.2) is 7.11 Å². The van der Waals surface area contributed by atoms with E-state index in [0.717, 1.165) is 39.3 Å². The molecule has 4 rings (SSSR count). The fraction of sp³-hybridized carbons (Fsp3) is 0.188. The van der Waals surface area contributed by atoms with Gasteiger partial charge in [0.1, 0.15) is 18.1 Å². The van der Waals surface area contributed by atoms with Crippen LogP contribution in [0.4, 0.5) is 0 Å². The van der Waals surface area contributed by atoms with Gasteiger partial charge in [-0.05, 0) is 34.2 Å². The Bertz CT molecular complexity index is 1260. The fourth-order valence-corrected chi connectivity index (χ4v) is 4.04. The molecule has 0 spiro atoms. The van der Waals surface area contributed by atoms with Gasteiger partial charge in [0.2, 0.25) is 0 Å². The van der Waals surface area contributed by atoms with E-state index in [1.807, 2.05) is 36.4 Å². The summed E-state index contributed by atoms with van der Waals surface area (Å²) in [4.78, 5) is 0. The summed E-state index contributed by atoms with van der Waals surface area (Å²) in [5.41, 5.74) is 6.74.